The Kier molecular flexibility index (Phi) is 2.42. The number of benzene rings is 1. The third kappa shape index (κ3) is 1.57. The molecule has 3 rings (SSSR count). The minimum Gasteiger partial charge on any atom is -0.462 e. The second-order valence-corrected chi connectivity index (χ2v) is 4.83. The predicted octanol–water partition coefficient (Wildman–Crippen LogP) is 1.45. The molecular weight excluding hydrogens is 259 g/mol. The molecule has 2 aliphatic rings. The zero-order valence-electron chi connectivity index (χ0n) is 9.87. The number of nitrogens with zero attached hydrogens (tertiary/aromatic N) is 1. The van der Waals surface area contributed by atoms with E-state index in [2.05, 4.69) is 4.99 Å². The number of fused-ring (bicyclic) bond motifs is 1. The maximum atomic E-state index is 14.1. The van der Waals surface area contributed by atoms with Gasteiger partial charge in [0, 0.05) is 5.92 Å². The second kappa shape index (κ2) is 3.79. The van der Waals surface area contributed by atoms with E-state index in [0.29, 0.717) is 6.42 Å². The normalized spacial score (nSPS) is 32.3. The molecule has 102 valence electrons. The number of rotatable bonds is 2. The van der Waals surface area contributed by atoms with Crippen molar-refractivity contribution in [2.24, 2.45) is 16.6 Å². The van der Waals surface area contributed by atoms with Crippen molar-refractivity contribution in [3.05, 3.63) is 29.3 Å². The summed E-state index contributed by atoms with van der Waals surface area (Å²) in [6.45, 7) is -1.06. The molecule has 0 aromatic heterocycles. The quantitative estimate of drug-likeness (QED) is 0.799. The van der Waals surface area contributed by atoms with Gasteiger partial charge in [0.2, 0.25) is 0 Å². The number of amidine groups is 1. The Morgan fingerprint density at radius 3 is 2.79 bits per heavy atom. The van der Waals surface area contributed by atoms with Gasteiger partial charge in [-0.05, 0) is 18.6 Å². The monoisotopic (exact) mass is 271 g/mol. The Labute approximate surface area is 107 Å². The van der Waals surface area contributed by atoms with E-state index in [-0.39, 0.29) is 17.8 Å². The number of aliphatic imine (C=N–C) groups is 1. The average molecular weight is 271 g/mol. The van der Waals surface area contributed by atoms with Crippen LogP contribution in [0.2, 0.25) is 0 Å². The standard InChI is InChI=1S/C12H12F3N3O/c13-4-12(5-3-8(5)19-11(17)18-12)9-6(14)1-2-7(16)10(9)15/h1-2,5,8H,3-4,16H2,(H2,17,18). The maximum Gasteiger partial charge on any atom is 0.283 e. The highest BCUT2D eigenvalue weighted by molar-refractivity contribution is 5.74. The van der Waals surface area contributed by atoms with Crippen LogP contribution < -0.4 is 11.5 Å². The van der Waals surface area contributed by atoms with Crippen LogP contribution >= 0.6 is 0 Å². The molecule has 1 heterocycles. The van der Waals surface area contributed by atoms with Crippen LogP contribution in [-0.4, -0.2) is 18.8 Å². The molecule has 0 radical (unpaired) electrons. The number of alkyl halides is 1. The SMILES string of the molecule is NC1=NC(CF)(c2c(F)ccc(N)c2F)C2CC2O1. The highest BCUT2D eigenvalue weighted by Gasteiger charge is 2.61. The molecule has 0 spiro atoms. The summed E-state index contributed by atoms with van der Waals surface area (Å²) in [6, 6.07) is 1.85. The lowest BCUT2D eigenvalue weighted by molar-refractivity contribution is 0.164. The van der Waals surface area contributed by atoms with E-state index >= 15 is 0 Å². The van der Waals surface area contributed by atoms with Gasteiger partial charge >= 0.3 is 0 Å². The van der Waals surface area contributed by atoms with Crippen molar-refractivity contribution in [2.45, 2.75) is 18.1 Å². The largest absolute Gasteiger partial charge is 0.462 e. The van der Waals surface area contributed by atoms with E-state index < -0.39 is 35.3 Å². The molecule has 1 aromatic carbocycles. The highest BCUT2D eigenvalue weighted by atomic mass is 19.1. The van der Waals surface area contributed by atoms with Crippen LogP contribution in [0.25, 0.3) is 0 Å². The lowest BCUT2D eigenvalue weighted by atomic mass is 9.85. The third-order valence-electron chi connectivity index (χ3n) is 3.68. The second-order valence-electron chi connectivity index (χ2n) is 4.83. The molecule has 4 N–H and O–H groups in total. The van der Waals surface area contributed by atoms with E-state index in [9.17, 15) is 13.2 Å². The number of halogens is 3. The average Bonchev–Trinajstić information content (AvgIpc) is 3.13. The molecule has 19 heavy (non-hydrogen) atoms. The van der Waals surface area contributed by atoms with Gasteiger partial charge in [-0.3, -0.25) is 0 Å². The number of ether oxygens (including phenoxy) is 1. The van der Waals surface area contributed by atoms with Gasteiger partial charge in [0.05, 0.1) is 11.3 Å². The van der Waals surface area contributed by atoms with Crippen LogP contribution in [0.3, 0.4) is 0 Å². The van der Waals surface area contributed by atoms with Gasteiger partial charge in [0.1, 0.15) is 24.1 Å². The molecule has 4 nitrogen and oxygen atoms in total. The zero-order chi connectivity index (χ0) is 13.8. The summed E-state index contributed by atoms with van der Waals surface area (Å²) in [6.07, 6.45) is 0.121. The molecule has 1 fully saturated rings. The van der Waals surface area contributed by atoms with Crippen LogP contribution in [0.5, 0.6) is 0 Å². The maximum absolute atomic E-state index is 14.1. The minimum atomic E-state index is -1.67. The molecule has 0 amide bonds. The van der Waals surface area contributed by atoms with Gasteiger partial charge < -0.3 is 16.2 Å². The number of nitrogen functional groups attached to an aromatic ring is 1. The molecule has 1 aliphatic heterocycles. The van der Waals surface area contributed by atoms with Crippen molar-refractivity contribution in [3.63, 3.8) is 0 Å². The van der Waals surface area contributed by atoms with E-state index in [4.69, 9.17) is 16.2 Å². The molecule has 0 saturated heterocycles. The predicted molar refractivity (Wildman–Crippen MR) is 63.0 cm³/mol. The number of hydrogen-bond donors (Lipinski definition) is 2. The third-order valence-corrected chi connectivity index (χ3v) is 3.68. The van der Waals surface area contributed by atoms with Crippen molar-refractivity contribution in [1.29, 1.82) is 0 Å². The zero-order valence-corrected chi connectivity index (χ0v) is 9.87. The van der Waals surface area contributed by atoms with Crippen molar-refractivity contribution in [3.8, 4) is 0 Å². The minimum absolute atomic E-state index is 0.248. The molecule has 3 unspecified atom stereocenters. The Morgan fingerprint density at radius 1 is 1.37 bits per heavy atom. The van der Waals surface area contributed by atoms with Crippen LogP contribution in [0.1, 0.15) is 12.0 Å². The van der Waals surface area contributed by atoms with Crippen LogP contribution in [0.15, 0.2) is 17.1 Å². The Hall–Kier alpha value is -1.92. The topological polar surface area (TPSA) is 73.6 Å². The number of nitrogens with two attached hydrogens (primary N) is 2. The van der Waals surface area contributed by atoms with Crippen molar-refractivity contribution < 1.29 is 17.9 Å². The van der Waals surface area contributed by atoms with E-state index in [1.807, 2.05) is 0 Å². The summed E-state index contributed by atoms with van der Waals surface area (Å²) < 4.78 is 46.8. The first kappa shape index (κ1) is 12.1. The number of hydrogen-bond acceptors (Lipinski definition) is 4. The number of anilines is 1. The molecule has 1 aromatic rings. The van der Waals surface area contributed by atoms with Gasteiger partial charge in [-0.2, -0.15) is 0 Å². The smallest absolute Gasteiger partial charge is 0.283 e. The van der Waals surface area contributed by atoms with E-state index in [0.717, 1.165) is 12.1 Å². The first-order chi connectivity index (χ1) is 8.99. The van der Waals surface area contributed by atoms with Crippen molar-refractivity contribution in [2.75, 3.05) is 12.4 Å². The lowest BCUT2D eigenvalue weighted by Gasteiger charge is -2.31. The van der Waals surface area contributed by atoms with Gasteiger partial charge in [0.15, 0.2) is 5.82 Å². The summed E-state index contributed by atoms with van der Waals surface area (Å²) in [5.41, 5.74) is 8.51. The van der Waals surface area contributed by atoms with Gasteiger partial charge in [-0.1, -0.05) is 0 Å². The van der Waals surface area contributed by atoms with Gasteiger partial charge in [-0.25, -0.2) is 18.2 Å². The summed E-state index contributed by atoms with van der Waals surface area (Å²) in [4.78, 5) is 3.85. The van der Waals surface area contributed by atoms with E-state index in [1.165, 1.54) is 0 Å². The molecule has 1 saturated carbocycles. The van der Waals surface area contributed by atoms with Gasteiger partial charge in [0.25, 0.3) is 6.02 Å². The molecular formula is C12H12F3N3O. The fourth-order valence-electron chi connectivity index (χ4n) is 2.67. The molecule has 3 atom stereocenters. The summed E-state index contributed by atoms with van der Waals surface area (Å²) in [5.74, 6) is -2.29. The van der Waals surface area contributed by atoms with Crippen LogP contribution in [-0.2, 0) is 10.3 Å². The van der Waals surface area contributed by atoms with Crippen molar-refractivity contribution in [1.82, 2.24) is 0 Å². The molecule has 1 aliphatic carbocycles. The summed E-state index contributed by atoms with van der Waals surface area (Å²) in [7, 11) is 0. The van der Waals surface area contributed by atoms with Gasteiger partial charge in [-0.15, -0.1) is 0 Å². The first-order valence-corrected chi connectivity index (χ1v) is 5.81. The fraction of sp³-hybridized carbons (Fsp3) is 0.417. The van der Waals surface area contributed by atoms with Crippen LogP contribution in [0.4, 0.5) is 18.9 Å². The highest BCUT2D eigenvalue weighted by Crippen LogP contribution is 2.54. The van der Waals surface area contributed by atoms with Crippen LogP contribution in [0, 0.1) is 17.6 Å². The fourth-order valence-corrected chi connectivity index (χ4v) is 2.67. The molecule has 7 heteroatoms. The van der Waals surface area contributed by atoms with Crippen molar-refractivity contribution >= 4 is 11.7 Å². The Morgan fingerprint density at radius 2 is 2.11 bits per heavy atom. The lowest BCUT2D eigenvalue weighted by Crippen LogP contribution is -2.40. The molecule has 0 bridgehead atoms. The summed E-state index contributed by atoms with van der Waals surface area (Å²) >= 11 is 0. The first-order valence-electron chi connectivity index (χ1n) is 5.81. The Balaban J connectivity index is 2.23. The summed E-state index contributed by atoms with van der Waals surface area (Å²) in [5, 5.41) is 0. The Bertz CT molecular complexity index is 578. The van der Waals surface area contributed by atoms with E-state index in [1.54, 1.807) is 0 Å².